The van der Waals surface area contributed by atoms with E-state index in [9.17, 15) is 4.79 Å². The lowest BCUT2D eigenvalue weighted by molar-refractivity contribution is 0.0689. The number of amides is 1. The number of benzene rings is 1. The molecule has 1 aromatic carbocycles. The number of piperidine rings is 1. The van der Waals surface area contributed by atoms with E-state index >= 15 is 0 Å². The lowest BCUT2D eigenvalue weighted by Gasteiger charge is -2.32. The molecule has 0 saturated carbocycles. The van der Waals surface area contributed by atoms with Gasteiger partial charge in [-0.15, -0.1) is 5.10 Å². The van der Waals surface area contributed by atoms with Crippen molar-refractivity contribution in [1.29, 1.82) is 0 Å². The molecule has 0 atom stereocenters. The van der Waals surface area contributed by atoms with Crippen LogP contribution in [-0.4, -0.2) is 50.5 Å². The topological polar surface area (TPSA) is 73.1 Å². The van der Waals surface area contributed by atoms with Crippen molar-refractivity contribution in [2.45, 2.75) is 25.3 Å². The van der Waals surface area contributed by atoms with Gasteiger partial charge in [-0.3, -0.25) is 9.78 Å². The minimum Gasteiger partial charge on any atom is -0.493 e. The summed E-state index contributed by atoms with van der Waals surface area (Å²) in [5.74, 6) is 1.01. The molecule has 4 heterocycles. The predicted molar refractivity (Wildman–Crippen MR) is 103 cm³/mol. The van der Waals surface area contributed by atoms with Gasteiger partial charge in [0.2, 0.25) is 0 Å². The molecule has 5 rings (SSSR count). The van der Waals surface area contributed by atoms with Gasteiger partial charge in [0.25, 0.3) is 5.91 Å². The van der Waals surface area contributed by atoms with Crippen molar-refractivity contribution in [3.05, 3.63) is 60.0 Å². The van der Waals surface area contributed by atoms with Crippen LogP contribution in [-0.2, 0) is 6.42 Å². The molecular weight excluding hydrogens is 354 g/mol. The van der Waals surface area contributed by atoms with E-state index in [2.05, 4.69) is 15.3 Å². The minimum atomic E-state index is 0.0998. The number of aromatic nitrogens is 4. The van der Waals surface area contributed by atoms with Crippen LogP contribution in [0.15, 0.2) is 48.9 Å². The van der Waals surface area contributed by atoms with Gasteiger partial charge in [0.1, 0.15) is 11.4 Å². The van der Waals surface area contributed by atoms with E-state index in [0.29, 0.717) is 6.61 Å². The normalized spacial score (nSPS) is 16.6. The third kappa shape index (κ3) is 3.13. The van der Waals surface area contributed by atoms with Crippen LogP contribution < -0.4 is 4.74 Å². The monoisotopic (exact) mass is 375 g/mol. The van der Waals surface area contributed by atoms with E-state index in [1.165, 1.54) is 0 Å². The molecule has 7 heteroatoms. The quantitative estimate of drug-likeness (QED) is 0.704. The van der Waals surface area contributed by atoms with E-state index in [4.69, 9.17) is 4.74 Å². The second-order valence-electron chi connectivity index (χ2n) is 7.27. The molecule has 2 aliphatic heterocycles. The Kier molecular flexibility index (Phi) is 4.27. The number of carbonyl (C=O) groups is 1. The van der Waals surface area contributed by atoms with Crippen molar-refractivity contribution in [3.63, 3.8) is 0 Å². The molecule has 0 unspecified atom stereocenters. The maximum Gasteiger partial charge on any atom is 0.253 e. The number of likely N-dealkylation sites (tertiary alicyclic amines) is 1. The van der Waals surface area contributed by atoms with Crippen LogP contribution in [0.5, 0.6) is 5.75 Å². The fraction of sp³-hybridized carbons (Fsp3) is 0.333. The standard InChI is InChI=1S/C21H21N5O2/c27-21(16-3-4-20-15(12-16)7-11-28-20)25-9-5-18(6-10-25)26-14-19(23-24-26)17-2-1-8-22-13-17/h1-4,8,12-14,18H,5-7,9-11H2. The Morgan fingerprint density at radius 1 is 1.18 bits per heavy atom. The Hall–Kier alpha value is -3.22. The maximum absolute atomic E-state index is 12.9. The summed E-state index contributed by atoms with van der Waals surface area (Å²) < 4.78 is 7.46. The number of ether oxygens (including phenoxy) is 1. The highest BCUT2D eigenvalue weighted by atomic mass is 16.5. The average Bonchev–Trinajstić information content (AvgIpc) is 3.43. The van der Waals surface area contributed by atoms with E-state index in [0.717, 1.165) is 60.5 Å². The first-order valence-electron chi connectivity index (χ1n) is 9.65. The average molecular weight is 375 g/mol. The molecule has 0 aliphatic carbocycles. The smallest absolute Gasteiger partial charge is 0.253 e. The second-order valence-corrected chi connectivity index (χ2v) is 7.27. The van der Waals surface area contributed by atoms with Gasteiger partial charge in [-0.1, -0.05) is 5.21 Å². The van der Waals surface area contributed by atoms with E-state index < -0.39 is 0 Å². The third-order valence-corrected chi connectivity index (χ3v) is 5.53. The number of hydrogen-bond donors (Lipinski definition) is 0. The second kappa shape index (κ2) is 7.07. The van der Waals surface area contributed by atoms with Crippen molar-refractivity contribution in [2.75, 3.05) is 19.7 Å². The van der Waals surface area contributed by atoms with Crippen molar-refractivity contribution >= 4 is 5.91 Å². The lowest BCUT2D eigenvalue weighted by Crippen LogP contribution is -2.39. The number of nitrogens with zero attached hydrogens (tertiary/aromatic N) is 5. The summed E-state index contributed by atoms with van der Waals surface area (Å²) in [7, 11) is 0. The van der Waals surface area contributed by atoms with Gasteiger partial charge in [0.15, 0.2) is 0 Å². The molecule has 0 radical (unpaired) electrons. The molecular formula is C21H21N5O2. The Morgan fingerprint density at radius 3 is 2.89 bits per heavy atom. The van der Waals surface area contributed by atoms with Crippen LogP contribution in [0.4, 0.5) is 0 Å². The van der Waals surface area contributed by atoms with Gasteiger partial charge in [-0.25, -0.2) is 4.68 Å². The molecule has 0 N–H and O–H groups in total. The first-order valence-corrected chi connectivity index (χ1v) is 9.65. The van der Waals surface area contributed by atoms with Gasteiger partial charge >= 0.3 is 0 Å². The van der Waals surface area contributed by atoms with Gasteiger partial charge in [0.05, 0.1) is 18.8 Å². The lowest BCUT2D eigenvalue weighted by atomic mass is 10.0. The summed E-state index contributed by atoms with van der Waals surface area (Å²) in [5, 5.41) is 8.58. The molecule has 1 amide bonds. The van der Waals surface area contributed by atoms with Gasteiger partial charge in [-0.05, 0) is 48.7 Å². The number of carbonyl (C=O) groups excluding carboxylic acids is 1. The molecule has 142 valence electrons. The number of rotatable bonds is 3. The fourth-order valence-electron chi connectivity index (χ4n) is 3.94. The highest BCUT2D eigenvalue weighted by molar-refractivity contribution is 5.94. The molecule has 2 aliphatic rings. The summed E-state index contributed by atoms with van der Waals surface area (Å²) >= 11 is 0. The summed E-state index contributed by atoms with van der Waals surface area (Å²) in [6.07, 6.45) is 8.13. The van der Waals surface area contributed by atoms with E-state index in [1.807, 2.05) is 46.1 Å². The van der Waals surface area contributed by atoms with Crippen LogP contribution in [0.1, 0.15) is 34.8 Å². The third-order valence-electron chi connectivity index (χ3n) is 5.53. The van der Waals surface area contributed by atoms with E-state index in [1.54, 1.807) is 12.4 Å². The van der Waals surface area contributed by atoms with Crippen LogP contribution in [0, 0.1) is 0 Å². The maximum atomic E-state index is 12.9. The largest absolute Gasteiger partial charge is 0.493 e. The molecule has 7 nitrogen and oxygen atoms in total. The Morgan fingerprint density at radius 2 is 2.07 bits per heavy atom. The first-order chi connectivity index (χ1) is 13.8. The zero-order valence-corrected chi connectivity index (χ0v) is 15.5. The van der Waals surface area contributed by atoms with Gasteiger partial charge in [0, 0.05) is 43.0 Å². The van der Waals surface area contributed by atoms with Crippen molar-refractivity contribution < 1.29 is 9.53 Å². The molecule has 3 aromatic rings. The number of fused-ring (bicyclic) bond motifs is 1. The summed E-state index contributed by atoms with van der Waals surface area (Å²) in [6, 6.07) is 9.89. The van der Waals surface area contributed by atoms with E-state index in [-0.39, 0.29) is 11.9 Å². The van der Waals surface area contributed by atoms with Crippen LogP contribution in [0.3, 0.4) is 0 Å². The molecule has 1 saturated heterocycles. The summed E-state index contributed by atoms with van der Waals surface area (Å²) in [6.45, 7) is 2.15. The van der Waals surface area contributed by atoms with Crippen LogP contribution in [0.25, 0.3) is 11.3 Å². The van der Waals surface area contributed by atoms with Crippen molar-refractivity contribution in [1.82, 2.24) is 24.9 Å². The zero-order valence-electron chi connectivity index (χ0n) is 15.5. The SMILES string of the molecule is O=C(c1ccc2c(c1)CCO2)N1CCC(n2cc(-c3cccnc3)nn2)CC1. The van der Waals surface area contributed by atoms with Gasteiger partial charge in [-0.2, -0.15) is 0 Å². The van der Waals surface area contributed by atoms with Crippen LogP contribution >= 0.6 is 0 Å². The molecule has 1 fully saturated rings. The molecule has 28 heavy (non-hydrogen) atoms. The number of pyridine rings is 1. The Bertz CT molecular complexity index is 993. The molecule has 2 aromatic heterocycles. The summed E-state index contributed by atoms with van der Waals surface area (Å²) in [4.78, 5) is 18.9. The minimum absolute atomic E-state index is 0.0998. The van der Waals surface area contributed by atoms with Crippen molar-refractivity contribution in [2.24, 2.45) is 0 Å². The zero-order chi connectivity index (χ0) is 18.9. The van der Waals surface area contributed by atoms with Gasteiger partial charge < -0.3 is 9.64 Å². The van der Waals surface area contributed by atoms with Crippen LogP contribution in [0.2, 0.25) is 0 Å². The fourth-order valence-corrected chi connectivity index (χ4v) is 3.94. The molecule has 0 spiro atoms. The summed E-state index contributed by atoms with van der Waals surface area (Å²) in [5.41, 5.74) is 3.67. The number of hydrogen-bond acceptors (Lipinski definition) is 5. The highest BCUT2D eigenvalue weighted by Crippen LogP contribution is 2.28. The predicted octanol–water partition coefficient (Wildman–Crippen LogP) is 2.75. The Balaban J connectivity index is 1.24. The molecule has 0 bridgehead atoms. The first kappa shape index (κ1) is 16.9. The Labute approximate surface area is 163 Å². The van der Waals surface area contributed by atoms with Crippen molar-refractivity contribution in [3.8, 4) is 17.0 Å². The highest BCUT2D eigenvalue weighted by Gasteiger charge is 2.26.